The van der Waals surface area contributed by atoms with E-state index in [9.17, 15) is 9.59 Å². The fourth-order valence-corrected chi connectivity index (χ4v) is 4.80. The molecule has 0 radical (unpaired) electrons. The second-order valence-corrected chi connectivity index (χ2v) is 9.19. The molecule has 2 N–H and O–H groups in total. The van der Waals surface area contributed by atoms with Gasteiger partial charge in [0, 0.05) is 24.9 Å². The van der Waals surface area contributed by atoms with E-state index in [1.807, 2.05) is 0 Å². The van der Waals surface area contributed by atoms with Crippen LogP contribution in [0.4, 0.5) is 0 Å². The number of nitrogens with one attached hydrogen (secondary N) is 2. The Hall–Kier alpha value is -1.32. The first kappa shape index (κ1) is 19.4. The van der Waals surface area contributed by atoms with Gasteiger partial charge in [0.2, 0.25) is 11.8 Å². The van der Waals surface area contributed by atoms with Crippen molar-refractivity contribution in [2.75, 3.05) is 6.54 Å². The molecule has 0 spiro atoms. The van der Waals surface area contributed by atoms with Crippen LogP contribution >= 0.6 is 0 Å². The van der Waals surface area contributed by atoms with Crippen molar-refractivity contribution in [3.05, 3.63) is 11.6 Å². The summed E-state index contributed by atoms with van der Waals surface area (Å²) in [6.45, 7) is 7.45. The number of hydrogen-bond donors (Lipinski definition) is 2. The number of carbonyl (C=O) groups excluding carboxylic acids is 2. The van der Waals surface area contributed by atoms with Crippen molar-refractivity contribution in [3.63, 3.8) is 0 Å². The molecule has 0 aromatic carbocycles. The minimum Gasteiger partial charge on any atom is -0.355 e. The van der Waals surface area contributed by atoms with Crippen molar-refractivity contribution in [3.8, 4) is 0 Å². The highest BCUT2D eigenvalue weighted by Crippen LogP contribution is 2.39. The predicted octanol–water partition coefficient (Wildman–Crippen LogP) is 3.82. The highest BCUT2D eigenvalue weighted by atomic mass is 16.2. The predicted molar refractivity (Wildman–Crippen MR) is 104 cm³/mol. The molecule has 2 fully saturated rings. The molecule has 3 rings (SSSR count). The Bertz CT molecular complexity index is 544. The zero-order valence-electron chi connectivity index (χ0n) is 16.7. The molecule has 0 unspecified atom stereocenters. The van der Waals surface area contributed by atoms with E-state index in [0.717, 1.165) is 38.6 Å². The van der Waals surface area contributed by atoms with E-state index in [2.05, 4.69) is 37.5 Å². The fourth-order valence-electron chi connectivity index (χ4n) is 4.80. The molecular formula is C22H36N2O2. The smallest absolute Gasteiger partial charge is 0.223 e. The van der Waals surface area contributed by atoms with Gasteiger partial charge in [-0.3, -0.25) is 9.59 Å². The monoisotopic (exact) mass is 360 g/mol. The van der Waals surface area contributed by atoms with Gasteiger partial charge >= 0.3 is 0 Å². The van der Waals surface area contributed by atoms with E-state index in [1.165, 1.54) is 18.4 Å². The first-order valence-electron chi connectivity index (χ1n) is 10.7. The minimum absolute atomic E-state index is 0.220. The highest BCUT2D eigenvalue weighted by molar-refractivity contribution is 5.80. The lowest BCUT2D eigenvalue weighted by atomic mass is 9.69. The van der Waals surface area contributed by atoms with Crippen LogP contribution < -0.4 is 10.6 Å². The van der Waals surface area contributed by atoms with Gasteiger partial charge in [0.1, 0.15) is 0 Å². The summed E-state index contributed by atoms with van der Waals surface area (Å²) < 4.78 is 0. The van der Waals surface area contributed by atoms with Gasteiger partial charge in [0.15, 0.2) is 0 Å². The Morgan fingerprint density at radius 3 is 2.46 bits per heavy atom. The molecule has 3 atom stereocenters. The molecular weight excluding hydrogens is 324 g/mol. The second kappa shape index (κ2) is 8.58. The Kier molecular flexibility index (Phi) is 6.42. The molecule has 146 valence electrons. The first-order chi connectivity index (χ1) is 12.4. The average molecular weight is 361 g/mol. The molecule has 0 aliphatic heterocycles. The maximum atomic E-state index is 12.5. The van der Waals surface area contributed by atoms with E-state index >= 15 is 0 Å². The molecule has 2 amide bonds. The lowest BCUT2D eigenvalue weighted by molar-refractivity contribution is -0.123. The normalized spacial score (nSPS) is 29.5. The van der Waals surface area contributed by atoms with Crippen LogP contribution in [-0.2, 0) is 9.59 Å². The standard InChI is InChI=1S/C22H36N2O2/c1-14(2)20-11-17(12-21(25)24-19-6-4-5-7-19)15(3)10-18(20)13-23-22(26)16-8-9-16/h10,14,16-20H,4-9,11-13H2,1-3H3,(H,23,26)(H,24,25)/t17-,18-,20-/m0/s1. The third kappa shape index (κ3) is 5.11. The zero-order chi connectivity index (χ0) is 18.7. The maximum Gasteiger partial charge on any atom is 0.223 e. The highest BCUT2D eigenvalue weighted by Gasteiger charge is 2.34. The third-order valence-electron chi connectivity index (χ3n) is 6.70. The van der Waals surface area contributed by atoms with E-state index in [4.69, 9.17) is 0 Å². The summed E-state index contributed by atoms with van der Waals surface area (Å²) >= 11 is 0. The van der Waals surface area contributed by atoms with Crippen molar-refractivity contribution in [2.45, 2.75) is 78.2 Å². The summed E-state index contributed by atoms with van der Waals surface area (Å²) in [5.74, 6) is 2.55. The molecule has 4 nitrogen and oxygen atoms in total. The Balaban J connectivity index is 1.56. The molecule has 4 heteroatoms. The van der Waals surface area contributed by atoms with Crippen molar-refractivity contribution >= 4 is 11.8 Å². The molecule has 0 saturated heterocycles. The summed E-state index contributed by atoms with van der Waals surface area (Å²) in [5.41, 5.74) is 1.33. The zero-order valence-corrected chi connectivity index (χ0v) is 16.7. The summed E-state index contributed by atoms with van der Waals surface area (Å²) in [7, 11) is 0. The van der Waals surface area contributed by atoms with Crippen LogP contribution in [0.15, 0.2) is 11.6 Å². The van der Waals surface area contributed by atoms with E-state index < -0.39 is 0 Å². The third-order valence-corrected chi connectivity index (χ3v) is 6.70. The van der Waals surface area contributed by atoms with Gasteiger partial charge in [-0.05, 0) is 62.7 Å². The second-order valence-electron chi connectivity index (χ2n) is 9.19. The molecule has 0 aromatic heterocycles. The quantitative estimate of drug-likeness (QED) is 0.678. The number of hydrogen-bond acceptors (Lipinski definition) is 2. The summed E-state index contributed by atoms with van der Waals surface area (Å²) in [6.07, 6.45) is 10.9. The van der Waals surface area contributed by atoms with Crippen molar-refractivity contribution in [2.24, 2.45) is 29.6 Å². The number of amides is 2. The average Bonchev–Trinajstić information content (AvgIpc) is 3.32. The summed E-state index contributed by atoms with van der Waals surface area (Å²) in [4.78, 5) is 24.5. The number of allylic oxidation sites excluding steroid dienone is 1. The van der Waals surface area contributed by atoms with Gasteiger partial charge in [0.25, 0.3) is 0 Å². The first-order valence-corrected chi connectivity index (χ1v) is 10.7. The summed E-state index contributed by atoms with van der Waals surface area (Å²) in [5, 5.41) is 6.40. The van der Waals surface area contributed by atoms with Crippen LogP contribution in [0, 0.1) is 29.6 Å². The van der Waals surface area contributed by atoms with Crippen LogP contribution in [0.1, 0.15) is 72.1 Å². The van der Waals surface area contributed by atoms with Gasteiger partial charge in [-0.1, -0.05) is 38.3 Å². The lowest BCUT2D eigenvalue weighted by Crippen LogP contribution is -2.39. The molecule has 2 saturated carbocycles. The topological polar surface area (TPSA) is 58.2 Å². The van der Waals surface area contributed by atoms with Crippen LogP contribution in [0.2, 0.25) is 0 Å². The van der Waals surface area contributed by atoms with Crippen LogP contribution in [0.25, 0.3) is 0 Å². The number of carbonyl (C=O) groups is 2. The Morgan fingerprint density at radius 2 is 1.85 bits per heavy atom. The maximum absolute atomic E-state index is 12.5. The fraction of sp³-hybridized carbons (Fsp3) is 0.818. The SMILES string of the molecule is CC1=C[C@@H](CNC(=O)C2CC2)[C@H](C(C)C)C[C@H]1CC(=O)NC1CCCC1. The minimum atomic E-state index is 0.220. The van der Waals surface area contributed by atoms with Crippen LogP contribution in [-0.4, -0.2) is 24.4 Å². The van der Waals surface area contributed by atoms with Crippen LogP contribution in [0.5, 0.6) is 0 Å². The van der Waals surface area contributed by atoms with E-state index in [1.54, 1.807) is 0 Å². The Labute approximate surface area is 158 Å². The van der Waals surface area contributed by atoms with Gasteiger partial charge in [-0.2, -0.15) is 0 Å². The van der Waals surface area contributed by atoms with E-state index in [-0.39, 0.29) is 17.7 Å². The Morgan fingerprint density at radius 1 is 1.15 bits per heavy atom. The van der Waals surface area contributed by atoms with Gasteiger partial charge in [-0.15, -0.1) is 0 Å². The molecule has 0 heterocycles. The molecule has 3 aliphatic carbocycles. The summed E-state index contributed by atoms with van der Waals surface area (Å²) in [6, 6.07) is 0.404. The van der Waals surface area contributed by atoms with Crippen molar-refractivity contribution in [1.82, 2.24) is 10.6 Å². The number of rotatable bonds is 7. The lowest BCUT2D eigenvalue weighted by Gasteiger charge is -2.37. The van der Waals surface area contributed by atoms with E-state index in [0.29, 0.717) is 36.1 Å². The van der Waals surface area contributed by atoms with Crippen LogP contribution in [0.3, 0.4) is 0 Å². The van der Waals surface area contributed by atoms with Crippen molar-refractivity contribution in [1.29, 1.82) is 0 Å². The van der Waals surface area contributed by atoms with Crippen molar-refractivity contribution < 1.29 is 9.59 Å². The largest absolute Gasteiger partial charge is 0.355 e. The molecule has 0 bridgehead atoms. The van der Waals surface area contributed by atoms with Gasteiger partial charge in [-0.25, -0.2) is 0 Å². The van der Waals surface area contributed by atoms with Gasteiger partial charge in [0.05, 0.1) is 0 Å². The molecule has 0 aromatic rings. The molecule has 26 heavy (non-hydrogen) atoms. The van der Waals surface area contributed by atoms with Gasteiger partial charge < -0.3 is 10.6 Å². The molecule has 3 aliphatic rings.